The highest BCUT2D eigenvalue weighted by Crippen LogP contribution is 2.07. The summed E-state index contributed by atoms with van der Waals surface area (Å²) in [6, 6.07) is 5.17. The molecule has 0 spiro atoms. The van der Waals surface area contributed by atoms with Crippen molar-refractivity contribution in [3.8, 4) is 6.07 Å². The predicted octanol–water partition coefficient (Wildman–Crippen LogP) is 1.51. The molecule has 0 saturated heterocycles. The second-order valence-corrected chi connectivity index (χ2v) is 1.96. The number of aldehydes is 1. The number of hydrogen-bond acceptors (Lipinski definition) is 2. The monoisotopic (exact) mass is 149 g/mol. The van der Waals surface area contributed by atoms with Gasteiger partial charge in [0.05, 0.1) is 11.6 Å². The van der Waals surface area contributed by atoms with Gasteiger partial charge in [-0.3, -0.25) is 4.79 Å². The van der Waals surface area contributed by atoms with E-state index in [1.807, 2.05) is 0 Å². The Balaban J connectivity index is 3.30. The molecule has 54 valence electrons. The van der Waals surface area contributed by atoms with Crippen LogP contribution in [0.15, 0.2) is 18.2 Å². The molecule has 0 atom stereocenters. The molecule has 0 bridgehead atoms. The normalized spacial score (nSPS) is 8.73. The van der Waals surface area contributed by atoms with Gasteiger partial charge in [0.15, 0.2) is 6.29 Å². The van der Waals surface area contributed by atoms with Gasteiger partial charge in [-0.05, 0) is 18.2 Å². The predicted molar refractivity (Wildman–Crippen MR) is 36.5 cm³/mol. The summed E-state index contributed by atoms with van der Waals surface area (Å²) in [7, 11) is 0. The minimum Gasteiger partial charge on any atom is -0.298 e. The summed E-state index contributed by atoms with van der Waals surface area (Å²) < 4.78 is 12.4. The first kappa shape index (κ1) is 7.42. The fraction of sp³-hybridized carbons (Fsp3) is 0. The smallest absolute Gasteiger partial charge is 0.151 e. The lowest BCUT2D eigenvalue weighted by atomic mass is 10.1. The van der Waals surface area contributed by atoms with Crippen LogP contribution >= 0.6 is 0 Å². The van der Waals surface area contributed by atoms with Gasteiger partial charge in [0.2, 0.25) is 0 Å². The molecule has 0 amide bonds. The first-order valence-corrected chi connectivity index (χ1v) is 2.93. The zero-order chi connectivity index (χ0) is 8.27. The first-order chi connectivity index (χ1) is 5.27. The van der Waals surface area contributed by atoms with Crippen LogP contribution in [0, 0.1) is 17.1 Å². The van der Waals surface area contributed by atoms with Gasteiger partial charge < -0.3 is 0 Å². The molecule has 0 aliphatic rings. The lowest BCUT2D eigenvalue weighted by Gasteiger charge is -1.92. The fourth-order valence-electron chi connectivity index (χ4n) is 0.728. The molecule has 0 radical (unpaired) electrons. The molecule has 1 aromatic carbocycles. The van der Waals surface area contributed by atoms with E-state index in [0.29, 0.717) is 6.29 Å². The summed E-state index contributed by atoms with van der Waals surface area (Å²) in [5.41, 5.74) is 0.286. The molecule has 0 aliphatic heterocycles. The van der Waals surface area contributed by atoms with E-state index in [4.69, 9.17) is 5.26 Å². The summed E-state index contributed by atoms with van der Waals surface area (Å²) >= 11 is 0. The molecule has 0 saturated carbocycles. The van der Waals surface area contributed by atoms with Gasteiger partial charge in [-0.2, -0.15) is 5.26 Å². The van der Waals surface area contributed by atoms with Crippen LogP contribution in [-0.2, 0) is 0 Å². The standard InChI is InChI=1S/C8H4FNO/c9-8-2-1-6(5-11)7(3-8)4-10/h1-3,5H. The number of nitrogens with zero attached hydrogens (tertiary/aromatic N) is 1. The molecule has 0 aliphatic carbocycles. The quantitative estimate of drug-likeness (QED) is 0.568. The van der Waals surface area contributed by atoms with E-state index < -0.39 is 5.82 Å². The van der Waals surface area contributed by atoms with E-state index in [-0.39, 0.29) is 11.1 Å². The molecule has 2 nitrogen and oxygen atoms in total. The van der Waals surface area contributed by atoms with E-state index in [9.17, 15) is 9.18 Å². The second kappa shape index (κ2) is 2.93. The summed E-state index contributed by atoms with van der Waals surface area (Å²) in [6.45, 7) is 0. The summed E-state index contributed by atoms with van der Waals surface area (Å²) in [6.07, 6.45) is 0.526. The highest BCUT2D eigenvalue weighted by atomic mass is 19.1. The van der Waals surface area contributed by atoms with E-state index in [1.165, 1.54) is 6.07 Å². The average Bonchev–Trinajstić information content (AvgIpc) is 2.04. The Labute approximate surface area is 62.9 Å². The van der Waals surface area contributed by atoms with Crippen LogP contribution < -0.4 is 0 Å². The van der Waals surface area contributed by atoms with Gasteiger partial charge in [0.25, 0.3) is 0 Å². The molecule has 1 aromatic rings. The molecule has 0 fully saturated rings. The number of nitriles is 1. The Bertz CT molecular complexity index is 327. The number of rotatable bonds is 1. The first-order valence-electron chi connectivity index (χ1n) is 2.93. The Morgan fingerprint density at radius 2 is 2.27 bits per heavy atom. The second-order valence-electron chi connectivity index (χ2n) is 1.96. The third-order valence-corrected chi connectivity index (χ3v) is 1.26. The van der Waals surface area contributed by atoms with Gasteiger partial charge in [0.1, 0.15) is 5.82 Å². The van der Waals surface area contributed by atoms with Crippen molar-refractivity contribution in [1.29, 1.82) is 5.26 Å². The summed E-state index contributed by atoms with van der Waals surface area (Å²) in [5, 5.41) is 8.40. The molecule has 0 unspecified atom stereocenters. The Morgan fingerprint density at radius 3 is 2.82 bits per heavy atom. The van der Waals surface area contributed by atoms with Crippen molar-refractivity contribution in [2.75, 3.05) is 0 Å². The molecule has 0 heterocycles. The van der Waals surface area contributed by atoms with E-state index in [0.717, 1.165) is 12.1 Å². The zero-order valence-corrected chi connectivity index (χ0v) is 5.54. The van der Waals surface area contributed by atoms with Crippen molar-refractivity contribution in [3.05, 3.63) is 35.1 Å². The molecule has 0 N–H and O–H groups in total. The van der Waals surface area contributed by atoms with Gasteiger partial charge in [-0.15, -0.1) is 0 Å². The van der Waals surface area contributed by atoms with Crippen molar-refractivity contribution in [2.24, 2.45) is 0 Å². The number of halogens is 1. The topological polar surface area (TPSA) is 40.9 Å². The Kier molecular flexibility index (Phi) is 1.98. The zero-order valence-electron chi connectivity index (χ0n) is 5.54. The van der Waals surface area contributed by atoms with Crippen molar-refractivity contribution in [1.82, 2.24) is 0 Å². The maximum atomic E-state index is 12.4. The van der Waals surface area contributed by atoms with Gasteiger partial charge in [-0.1, -0.05) is 0 Å². The largest absolute Gasteiger partial charge is 0.298 e. The Morgan fingerprint density at radius 1 is 1.55 bits per heavy atom. The SMILES string of the molecule is N#Cc1cc(F)ccc1C=O. The average molecular weight is 149 g/mol. The van der Waals surface area contributed by atoms with Crippen molar-refractivity contribution in [3.63, 3.8) is 0 Å². The van der Waals surface area contributed by atoms with Crippen LogP contribution in [0.5, 0.6) is 0 Å². The van der Waals surface area contributed by atoms with E-state index in [2.05, 4.69) is 0 Å². The number of hydrogen-bond donors (Lipinski definition) is 0. The van der Waals surface area contributed by atoms with Gasteiger partial charge in [0, 0.05) is 5.56 Å². The lowest BCUT2D eigenvalue weighted by molar-refractivity contribution is 0.112. The highest BCUT2D eigenvalue weighted by molar-refractivity contribution is 5.78. The molecule has 3 heteroatoms. The number of carbonyl (C=O) groups excluding carboxylic acids is 1. The third-order valence-electron chi connectivity index (χ3n) is 1.26. The lowest BCUT2D eigenvalue weighted by Crippen LogP contribution is -1.87. The number of carbonyl (C=O) groups is 1. The van der Waals surface area contributed by atoms with Crippen molar-refractivity contribution < 1.29 is 9.18 Å². The van der Waals surface area contributed by atoms with Crippen molar-refractivity contribution >= 4 is 6.29 Å². The van der Waals surface area contributed by atoms with Crippen LogP contribution in [0.3, 0.4) is 0 Å². The maximum absolute atomic E-state index is 12.4. The van der Waals surface area contributed by atoms with Gasteiger partial charge >= 0.3 is 0 Å². The Hall–Kier alpha value is -1.69. The molecule has 11 heavy (non-hydrogen) atoms. The highest BCUT2D eigenvalue weighted by Gasteiger charge is 2.00. The van der Waals surface area contributed by atoms with Gasteiger partial charge in [-0.25, -0.2) is 4.39 Å². The minimum absolute atomic E-state index is 0.0694. The van der Waals surface area contributed by atoms with Crippen LogP contribution in [0.1, 0.15) is 15.9 Å². The summed E-state index contributed by atoms with van der Waals surface area (Å²) in [4.78, 5) is 10.2. The maximum Gasteiger partial charge on any atom is 0.151 e. The van der Waals surface area contributed by atoms with Crippen LogP contribution in [0.2, 0.25) is 0 Å². The molecular formula is C8H4FNO. The summed E-state index contributed by atoms with van der Waals surface area (Å²) in [5.74, 6) is -0.507. The van der Waals surface area contributed by atoms with E-state index in [1.54, 1.807) is 6.07 Å². The van der Waals surface area contributed by atoms with Crippen molar-refractivity contribution in [2.45, 2.75) is 0 Å². The van der Waals surface area contributed by atoms with Crippen LogP contribution in [0.25, 0.3) is 0 Å². The third kappa shape index (κ3) is 1.41. The number of benzene rings is 1. The molecule has 1 rings (SSSR count). The fourth-order valence-corrected chi connectivity index (χ4v) is 0.728. The van der Waals surface area contributed by atoms with E-state index >= 15 is 0 Å². The van der Waals surface area contributed by atoms with Crippen LogP contribution in [-0.4, -0.2) is 6.29 Å². The minimum atomic E-state index is -0.507. The molecular weight excluding hydrogens is 145 g/mol. The van der Waals surface area contributed by atoms with Crippen LogP contribution in [0.4, 0.5) is 4.39 Å². The molecule has 0 aromatic heterocycles.